The van der Waals surface area contributed by atoms with E-state index in [4.69, 9.17) is 0 Å². The SMILES string of the molecule is COC(=O)CC(S[O-])C(=O)OC. The maximum Gasteiger partial charge on any atom is 0.318 e. The molecule has 5 nitrogen and oxygen atoms in total. The van der Waals surface area contributed by atoms with Gasteiger partial charge in [-0.3, -0.25) is 9.59 Å². The minimum Gasteiger partial charge on any atom is -0.798 e. The summed E-state index contributed by atoms with van der Waals surface area (Å²) in [5.74, 6) is -1.31. The second kappa shape index (κ2) is 5.84. The van der Waals surface area contributed by atoms with Gasteiger partial charge in [-0.15, -0.1) is 0 Å². The Morgan fingerprint density at radius 2 is 2.00 bits per heavy atom. The van der Waals surface area contributed by atoms with Crippen molar-refractivity contribution >= 4 is 24.0 Å². The number of hydrogen-bond donors (Lipinski definition) is 0. The van der Waals surface area contributed by atoms with Crippen molar-refractivity contribution in [1.82, 2.24) is 0 Å². The Morgan fingerprint density at radius 1 is 1.42 bits per heavy atom. The average molecular weight is 193 g/mol. The van der Waals surface area contributed by atoms with Crippen molar-refractivity contribution in [2.24, 2.45) is 0 Å². The molecule has 1 atom stereocenters. The smallest absolute Gasteiger partial charge is 0.318 e. The molecule has 0 aromatic heterocycles. The normalized spacial score (nSPS) is 11.9. The molecule has 1 unspecified atom stereocenters. The van der Waals surface area contributed by atoms with Crippen molar-refractivity contribution in [3.05, 3.63) is 0 Å². The van der Waals surface area contributed by atoms with Crippen LogP contribution < -0.4 is 0 Å². The lowest BCUT2D eigenvalue weighted by molar-refractivity contribution is -0.146. The number of hydrogen-bond acceptors (Lipinski definition) is 6. The fourth-order valence-corrected chi connectivity index (χ4v) is 0.902. The molecule has 0 saturated heterocycles. The maximum atomic E-state index is 10.7. The Balaban J connectivity index is 3.99. The molecular formula is C6H9O5S-. The lowest BCUT2D eigenvalue weighted by Crippen LogP contribution is -2.22. The van der Waals surface area contributed by atoms with E-state index in [2.05, 4.69) is 9.47 Å². The van der Waals surface area contributed by atoms with E-state index in [0.29, 0.717) is 0 Å². The molecule has 0 rings (SSSR count). The van der Waals surface area contributed by atoms with Gasteiger partial charge in [-0.25, -0.2) is 12.0 Å². The van der Waals surface area contributed by atoms with E-state index in [9.17, 15) is 14.1 Å². The van der Waals surface area contributed by atoms with Crippen LogP contribution in [0.1, 0.15) is 6.42 Å². The molecule has 0 N–H and O–H groups in total. The molecule has 0 radical (unpaired) electrons. The summed E-state index contributed by atoms with van der Waals surface area (Å²) in [5, 5.41) is -1.01. The fraction of sp³-hybridized carbons (Fsp3) is 0.667. The van der Waals surface area contributed by atoms with Gasteiger partial charge in [-0.05, 0) is 0 Å². The first-order valence-electron chi connectivity index (χ1n) is 3.09. The number of methoxy groups -OCH3 is 2. The zero-order valence-corrected chi connectivity index (χ0v) is 7.55. The first-order valence-corrected chi connectivity index (χ1v) is 3.89. The van der Waals surface area contributed by atoms with Gasteiger partial charge in [0, 0.05) is 0 Å². The molecule has 0 heterocycles. The number of ether oxygens (including phenoxy) is 2. The second-order valence-electron chi connectivity index (χ2n) is 1.89. The van der Waals surface area contributed by atoms with E-state index in [1.165, 1.54) is 7.11 Å². The summed E-state index contributed by atoms with van der Waals surface area (Å²) in [6.45, 7) is 0. The van der Waals surface area contributed by atoms with Crippen molar-refractivity contribution in [2.45, 2.75) is 11.7 Å². The summed E-state index contributed by atoms with van der Waals surface area (Å²) in [6, 6.07) is 0. The standard InChI is InChI=1S/C6H10O5S/c1-10-5(7)3-4(12-9)6(8)11-2/h4,9H,3H2,1-2H3/p-1. The number of rotatable bonds is 4. The topological polar surface area (TPSA) is 75.7 Å². The van der Waals surface area contributed by atoms with Gasteiger partial charge in [0.1, 0.15) is 0 Å². The Labute approximate surface area is 74.2 Å². The first-order chi connectivity index (χ1) is 5.65. The van der Waals surface area contributed by atoms with Gasteiger partial charge in [0.15, 0.2) is 0 Å². The Bertz CT molecular complexity index is 169. The van der Waals surface area contributed by atoms with Crippen LogP contribution in [0.3, 0.4) is 0 Å². The van der Waals surface area contributed by atoms with Gasteiger partial charge >= 0.3 is 11.9 Å². The molecule has 0 aromatic rings. The molecule has 6 heteroatoms. The molecule has 0 aromatic carbocycles. The summed E-state index contributed by atoms with van der Waals surface area (Å²) >= 11 is 0.0209. The highest BCUT2D eigenvalue weighted by Crippen LogP contribution is 2.12. The van der Waals surface area contributed by atoms with Crippen molar-refractivity contribution in [3.8, 4) is 0 Å². The Hall–Kier alpha value is -0.750. The lowest BCUT2D eigenvalue weighted by atomic mass is 10.3. The zero-order valence-electron chi connectivity index (χ0n) is 6.73. The third-order valence-corrected chi connectivity index (χ3v) is 1.75. The highest BCUT2D eigenvalue weighted by Gasteiger charge is 2.19. The monoisotopic (exact) mass is 193 g/mol. The van der Waals surface area contributed by atoms with Gasteiger partial charge in [0.2, 0.25) is 0 Å². The van der Waals surface area contributed by atoms with E-state index >= 15 is 0 Å². The molecule has 70 valence electrons. The molecule has 0 spiro atoms. The predicted octanol–water partition coefficient (Wildman–Crippen LogP) is -0.0453. The highest BCUT2D eigenvalue weighted by molar-refractivity contribution is 7.95. The van der Waals surface area contributed by atoms with Gasteiger partial charge in [-0.2, -0.15) is 0 Å². The second-order valence-corrected chi connectivity index (χ2v) is 2.65. The Kier molecular flexibility index (Phi) is 5.48. The minimum absolute atomic E-state index is 0.0209. The minimum atomic E-state index is -1.01. The van der Waals surface area contributed by atoms with E-state index in [1.807, 2.05) is 0 Å². The summed E-state index contributed by atoms with van der Waals surface area (Å²) in [7, 11) is 2.34. The van der Waals surface area contributed by atoms with E-state index < -0.39 is 17.2 Å². The van der Waals surface area contributed by atoms with Crippen LogP contribution >= 0.6 is 12.0 Å². The summed E-state index contributed by atoms with van der Waals surface area (Å²) in [6.07, 6.45) is -0.253. The van der Waals surface area contributed by atoms with Gasteiger partial charge < -0.3 is 14.0 Å². The van der Waals surface area contributed by atoms with Gasteiger partial charge in [-0.1, -0.05) is 0 Å². The summed E-state index contributed by atoms with van der Waals surface area (Å²) in [4.78, 5) is 21.4. The largest absolute Gasteiger partial charge is 0.798 e. The van der Waals surface area contributed by atoms with Crippen molar-refractivity contribution in [2.75, 3.05) is 14.2 Å². The molecule has 12 heavy (non-hydrogen) atoms. The van der Waals surface area contributed by atoms with Crippen LogP contribution in [0.4, 0.5) is 0 Å². The molecule has 0 aliphatic carbocycles. The molecule has 0 aliphatic heterocycles. The number of carbonyl (C=O) groups is 2. The van der Waals surface area contributed by atoms with Crippen LogP contribution in [0.5, 0.6) is 0 Å². The molecule has 0 saturated carbocycles. The summed E-state index contributed by atoms with van der Waals surface area (Å²) in [5.41, 5.74) is 0. The average Bonchev–Trinajstić information content (AvgIpc) is 2.12. The van der Waals surface area contributed by atoms with Crippen LogP contribution in [0.15, 0.2) is 0 Å². The molecule has 0 aliphatic rings. The van der Waals surface area contributed by atoms with Crippen LogP contribution in [0, 0.1) is 0 Å². The maximum absolute atomic E-state index is 10.7. The van der Waals surface area contributed by atoms with Crippen molar-refractivity contribution in [3.63, 3.8) is 0 Å². The molecule has 0 amide bonds. The van der Waals surface area contributed by atoms with Crippen LogP contribution in [-0.2, 0) is 19.1 Å². The van der Waals surface area contributed by atoms with Crippen molar-refractivity contribution < 1.29 is 23.6 Å². The van der Waals surface area contributed by atoms with Gasteiger partial charge in [0.25, 0.3) is 0 Å². The predicted molar refractivity (Wildman–Crippen MR) is 40.8 cm³/mol. The molecule has 0 fully saturated rings. The van der Waals surface area contributed by atoms with Crippen LogP contribution in [0.25, 0.3) is 0 Å². The third-order valence-electron chi connectivity index (χ3n) is 1.16. The summed E-state index contributed by atoms with van der Waals surface area (Å²) < 4.78 is 18.8. The molecular weight excluding hydrogens is 184 g/mol. The van der Waals surface area contributed by atoms with E-state index in [-0.39, 0.29) is 18.5 Å². The number of carbonyl (C=O) groups excluding carboxylic acids is 2. The van der Waals surface area contributed by atoms with E-state index in [0.717, 1.165) is 7.11 Å². The van der Waals surface area contributed by atoms with Crippen molar-refractivity contribution in [1.29, 1.82) is 0 Å². The molecule has 0 bridgehead atoms. The lowest BCUT2D eigenvalue weighted by Gasteiger charge is -2.15. The zero-order chi connectivity index (χ0) is 9.56. The third kappa shape index (κ3) is 3.59. The highest BCUT2D eigenvalue weighted by atomic mass is 32.2. The van der Waals surface area contributed by atoms with Gasteiger partial charge in [0.05, 0.1) is 25.9 Å². The Morgan fingerprint density at radius 3 is 2.33 bits per heavy atom. The van der Waals surface area contributed by atoms with Crippen LogP contribution in [-0.4, -0.2) is 36.0 Å². The quantitative estimate of drug-likeness (QED) is 0.460. The first kappa shape index (κ1) is 11.2. The van der Waals surface area contributed by atoms with E-state index in [1.54, 1.807) is 0 Å². The van der Waals surface area contributed by atoms with Crippen LogP contribution in [0.2, 0.25) is 0 Å². The fourth-order valence-electron chi connectivity index (χ4n) is 0.523. The number of esters is 2.